The molecular formula is C21H25ClN3O+. The molecule has 1 heterocycles. The van der Waals surface area contributed by atoms with Gasteiger partial charge in [0.2, 0.25) is 6.54 Å². The lowest BCUT2D eigenvalue weighted by molar-refractivity contribution is -0.551. The van der Waals surface area contributed by atoms with Crippen LogP contribution in [0.2, 0.25) is 5.02 Å². The number of anilines is 1. The molecule has 0 aliphatic carbocycles. The average Bonchev–Trinajstić information content (AvgIpc) is 2.80. The number of hydrogen-bond donors (Lipinski definition) is 0. The number of hydrogen-bond acceptors (Lipinski definition) is 2. The van der Waals surface area contributed by atoms with Crippen molar-refractivity contribution >= 4 is 22.9 Å². The number of likely N-dealkylation sites (N-methyl/N-ethyl adjacent to an activating group) is 1. The number of fused-ring (bicyclic) bond motifs is 1. The van der Waals surface area contributed by atoms with Gasteiger partial charge < -0.3 is 4.90 Å². The highest BCUT2D eigenvalue weighted by molar-refractivity contribution is 6.30. The first-order chi connectivity index (χ1) is 12.6. The summed E-state index contributed by atoms with van der Waals surface area (Å²) in [6, 6.07) is 15.9. The van der Waals surface area contributed by atoms with E-state index in [4.69, 9.17) is 11.6 Å². The van der Waals surface area contributed by atoms with E-state index in [0.717, 1.165) is 46.9 Å². The van der Waals surface area contributed by atoms with Crippen molar-refractivity contribution in [3.63, 3.8) is 0 Å². The molecule has 136 valence electrons. The molecule has 4 nitrogen and oxygen atoms in total. The number of hydrazine groups is 1. The third-order valence-electron chi connectivity index (χ3n) is 4.87. The molecule has 0 radical (unpaired) electrons. The maximum Gasteiger partial charge on any atom is 0.245 e. The summed E-state index contributed by atoms with van der Waals surface area (Å²) in [5, 5.41) is 2.56. The van der Waals surface area contributed by atoms with Crippen molar-refractivity contribution in [3.05, 3.63) is 75.7 Å². The standard InChI is InChI=1S/C21H25ClN3O/c1-3-23(4-2)15-16-24-21-8-6-5-7-20(21)19(13-14-25(24)26)17-9-11-18(22)12-10-17/h5-13H,3-4,14-16H2,1-2H3/q+1. The fourth-order valence-electron chi connectivity index (χ4n) is 3.34. The second-order valence-corrected chi connectivity index (χ2v) is 6.76. The summed E-state index contributed by atoms with van der Waals surface area (Å²) >= 11 is 6.04. The first-order valence-electron chi connectivity index (χ1n) is 9.14. The van der Waals surface area contributed by atoms with Crippen LogP contribution in [-0.2, 0) is 0 Å². The lowest BCUT2D eigenvalue weighted by Gasteiger charge is -2.22. The Labute approximate surface area is 160 Å². The van der Waals surface area contributed by atoms with Crippen molar-refractivity contribution < 1.29 is 4.87 Å². The summed E-state index contributed by atoms with van der Waals surface area (Å²) in [6.45, 7) is 8.12. The Morgan fingerprint density at radius 2 is 1.77 bits per heavy atom. The summed E-state index contributed by atoms with van der Waals surface area (Å²) < 4.78 is 0. The van der Waals surface area contributed by atoms with E-state index in [1.807, 2.05) is 53.5 Å². The zero-order valence-corrected chi connectivity index (χ0v) is 16.1. The lowest BCUT2D eigenvalue weighted by atomic mass is 9.96. The Balaban J connectivity index is 1.96. The fourth-order valence-corrected chi connectivity index (χ4v) is 3.46. The van der Waals surface area contributed by atoms with E-state index in [0.29, 0.717) is 18.1 Å². The first-order valence-corrected chi connectivity index (χ1v) is 9.51. The van der Waals surface area contributed by atoms with Crippen LogP contribution in [-0.4, -0.2) is 42.5 Å². The molecule has 3 rings (SSSR count). The number of nitroso groups, excluding NO2 is 1. The SMILES string of the molecule is CCN(CC)CCN1c2ccccc2C(c2ccc(Cl)cc2)=CC[N+]1=O. The van der Waals surface area contributed by atoms with Crippen LogP contribution >= 0.6 is 11.6 Å². The van der Waals surface area contributed by atoms with Crippen molar-refractivity contribution in [1.82, 2.24) is 4.90 Å². The van der Waals surface area contributed by atoms with E-state index in [9.17, 15) is 4.91 Å². The molecule has 0 saturated carbocycles. The van der Waals surface area contributed by atoms with Crippen molar-refractivity contribution in [2.45, 2.75) is 13.8 Å². The molecular weight excluding hydrogens is 346 g/mol. The number of rotatable bonds is 6. The summed E-state index contributed by atoms with van der Waals surface area (Å²) in [5.41, 5.74) is 4.17. The van der Waals surface area contributed by atoms with Crippen LogP contribution < -0.4 is 5.01 Å². The molecule has 2 aromatic rings. The Morgan fingerprint density at radius 1 is 1.08 bits per heavy atom. The average molecular weight is 371 g/mol. The topological polar surface area (TPSA) is 26.6 Å². The second-order valence-electron chi connectivity index (χ2n) is 6.33. The van der Waals surface area contributed by atoms with Gasteiger partial charge in [-0.3, -0.25) is 0 Å². The molecule has 1 aliphatic rings. The van der Waals surface area contributed by atoms with Gasteiger partial charge in [0.05, 0.1) is 11.5 Å². The molecule has 1 aliphatic heterocycles. The van der Waals surface area contributed by atoms with E-state index < -0.39 is 0 Å². The fraction of sp³-hybridized carbons (Fsp3) is 0.333. The molecule has 0 saturated heterocycles. The minimum absolute atomic E-state index is 0.324. The maximum absolute atomic E-state index is 12.8. The van der Waals surface area contributed by atoms with E-state index in [1.54, 1.807) is 0 Å². The van der Waals surface area contributed by atoms with Gasteiger partial charge in [-0.1, -0.05) is 55.8 Å². The smallest absolute Gasteiger partial charge is 0.245 e. The Kier molecular flexibility index (Phi) is 6.07. The van der Waals surface area contributed by atoms with Crippen LogP contribution in [0.5, 0.6) is 0 Å². The van der Waals surface area contributed by atoms with Crippen LogP contribution in [0, 0.1) is 4.91 Å². The largest absolute Gasteiger partial charge is 0.302 e. The maximum atomic E-state index is 12.8. The molecule has 0 bridgehead atoms. The van der Waals surface area contributed by atoms with E-state index >= 15 is 0 Å². The number of benzene rings is 2. The van der Waals surface area contributed by atoms with Gasteiger partial charge in [-0.05, 0) is 48.5 Å². The quantitative estimate of drug-likeness (QED) is 0.694. The molecule has 0 atom stereocenters. The van der Waals surface area contributed by atoms with Gasteiger partial charge in [-0.25, -0.2) is 0 Å². The van der Waals surface area contributed by atoms with Gasteiger partial charge >= 0.3 is 0 Å². The van der Waals surface area contributed by atoms with Gasteiger partial charge in [0.1, 0.15) is 10.6 Å². The molecule has 2 aromatic carbocycles. The van der Waals surface area contributed by atoms with Crippen LogP contribution in [0.25, 0.3) is 5.57 Å². The van der Waals surface area contributed by atoms with Gasteiger partial charge in [0, 0.05) is 17.1 Å². The highest BCUT2D eigenvalue weighted by Gasteiger charge is 2.29. The summed E-state index contributed by atoms with van der Waals surface area (Å²) in [5.74, 6) is 0. The van der Waals surface area contributed by atoms with Crippen molar-refractivity contribution in [1.29, 1.82) is 0 Å². The highest BCUT2D eigenvalue weighted by atomic mass is 35.5. The number of halogens is 1. The van der Waals surface area contributed by atoms with Gasteiger partial charge in [0.25, 0.3) is 0 Å². The third kappa shape index (κ3) is 3.97. The second kappa shape index (κ2) is 8.47. The molecule has 0 aromatic heterocycles. The van der Waals surface area contributed by atoms with Gasteiger partial charge in [-0.15, -0.1) is 5.01 Å². The molecule has 5 heteroatoms. The minimum atomic E-state index is 0.324. The molecule has 26 heavy (non-hydrogen) atoms. The van der Waals surface area contributed by atoms with Gasteiger partial charge in [0.15, 0.2) is 0 Å². The molecule has 0 amide bonds. The summed E-state index contributed by atoms with van der Waals surface area (Å²) in [6.07, 6.45) is 2.01. The van der Waals surface area contributed by atoms with E-state index in [-0.39, 0.29) is 0 Å². The van der Waals surface area contributed by atoms with Crippen molar-refractivity contribution in [3.8, 4) is 0 Å². The normalized spacial score (nSPS) is 14.2. The van der Waals surface area contributed by atoms with Gasteiger partial charge in [-0.2, -0.15) is 0 Å². The predicted octanol–water partition coefficient (Wildman–Crippen LogP) is 4.63. The zero-order chi connectivity index (χ0) is 18.5. The monoisotopic (exact) mass is 370 g/mol. The molecule has 0 unspecified atom stereocenters. The predicted molar refractivity (Wildman–Crippen MR) is 109 cm³/mol. The van der Waals surface area contributed by atoms with Crippen molar-refractivity contribution in [2.75, 3.05) is 37.7 Å². The first kappa shape index (κ1) is 18.6. The van der Waals surface area contributed by atoms with Crippen LogP contribution in [0.15, 0.2) is 54.6 Å². The Hall–Kier alpha value is -2.17. The summed E-state index contributed by atoms with van der Waals surface area (Å²) in [7, 11) is 0. The molecule has 0 N–H and O–H groups in total. The lowest BCUT2D eigenvalue weighted by Crippen LogP contribution is -2.40. The van der Waals surface area contributed by atoms with E-state index in [2.05, 4.69) is 24.8 Å². The number of para-hydroxylation sites is 1. The molecule has 0 fully saturated rings. The van der Waals surface area contributed by atoms with Crippen LogP contribution in [0.3, 0.4) is 0 Å². The Morgan fingerprint density at radius 3 is 2.46 bits per heavy atom. The highest BCUT2D eigenvalue weighted by Crippen LogP contribution is 2.34. The minimum Gasteiger partial charge on any atom is -0.302 e. The third-order valence-corrected chi connectivity index (χ3v) is 5.12. The Bertz CT molecular complexity index is 797. The van der Waals surface area contributed by atoms with E-state index in [1.165, 1.54) is 0 Å². The van der Waals surface area contributed by atoms with Crippen LogP contribution in [0.4, 0.5) is 5.69 Å². The zero-order valence-electron chi connectivity index (χ0n) is 15.4. The summed E-state index contributed by atoms with van der Waals surface area (Å²) in [4.78, 5) is 16.1. The molecule has 0 spiro atoms. The van der Waals surface area contributed by atoms with Crippen LogP contribution in [0.1, 0.15) is 25.0 Å². The van der Waals surface area contributed by atoms with Crippen molar-refractivity contribution in [2.24, 2.45) is 0 Å². The number of nitrogens with zero attached hydrogens (tertiary/aromatic N) is 3.